The Morgan fingerprint density at radius 3 is 2.07 bits per heavy atom. The molecule has 152 valence electrons. The molecule has 8 heteroatoms. The summed E-state index contributed by atoms with van der Waals surface area (Å²) >= 11 is 0. The van der Waals surface area contributed by atoms with E-state index >= 15 is 0 Å². The minimum Gasteiger partial charge on any atom is -0.494 e. The second kappa shape index (κ2) is 9.59. The summed E-state index contributed by atoms with van der Waals surface area (Å²) in [5.41, 5.74) is 1.39. The summed E-state index contributed by atoms with van der Waals surface area (Å²) in [7, 11) is 0. The molecule has 29 heavy (non-hydrogen) atoms. The van der Waals surface area contributed by atoms with Gasteiger partial charge in [0.05, 0.1) is 19.6 Å². The third-order valence-electron chi connectivity index (χ3n) is 4.09. The van der Waals surface area contributed by atoms with E-state index in [0.29, 0.717) is 24.9 Å². The lowest BCUT2D eigenvalue weighted by atomic mass is 10.2. The highest BCUT2D eigenvalue weighted by Crippen LogP contribution is 2.18. The molecular formula is C21H24N4O4. The van der Waals surface area contributed by atoms with Gasteiger partial charge in [0.1, 0.15) is 17.5 Å². The maximum atomic E-state index is 12.3. The van der Waals surface area contributed by atoms with E-state index in [0.717, 1.165) is 17.2 Å². The van der Waals surface area contributed by atoms with E-state index in [9.17, 15) is 9.59 Å². The van der Waals surface area contributed by atoms with E-state index < -0.39 is 6.04 Å². The number of carbonyl (C=O) groups is 2. The van der Waals surface area contributed by atoms with Crippen molar-refractivity contribution in [3.8, 4) is 11.5 Å². The maximum Gasteiger partial charge on any atom is 0.252 e. The third-order valence-corrected chi connectivity index (χ3v) is 4.09. The lowest BCUT2D eigenvalue weighted by Crippen LogP contribution is -2.33. The van der Waals surface area contributed by atoms with Crippen molar-refractivity contribution >= 4 is 29.1 Å². The molecule has 3 rings (SSSR count). The molecule has 0 fully saturated rings. The topological polar surface area (TPSA) is 101 Å². The van der Waals surface area contributed by atoms with Gasteiger partial charge in [-0.15, -0.1) is 0 Å². The normalized spacial score (nSPS) is 15.3. The highest BCUT2D eigenvalue weighted by atomic mass is 16.5. The van der Waals surface area contributed by atoms with Gasteiger partial charge < -0.3 is 20.1 Å². The van der Waals surface area contributed by atoms with Crippen LogP contribution in [0.1, 0.15) is 20.3 Å². The maximum absolute atomic E-state index is 12.3. The van der Waals surface area contributed by atoms with Gasteiger partial charge in [0.2, 0.25) is 11.9 Å². The van der Waals surface area contributed by atoms with Crippen LogP contribution >= 0.6 is 0 Å². The fourth-order valence-electron chi connectivity index (χ4n) is 2.78. The Bertz CT molecular complexity index is 879. The largest absolute Gasteiger partial charge is 0.494 e. The van der Waals surface area contributed by atoms with Crippen molar-refractivity contribution < 1.29 is 19.1 Å². The monoisotopic (exact) mass is 396 g/mol. The third kappa shape index (κ3) is 5.71. The van der Waals surface area contributed by atoms with Gasteiger partial charge in [0, 0.05) is 11.4 Å². The number of rotatable bonds is 8. The Hall–Kier alpha value is -3.55. The summed E-state index contributed by atoms with van der Waals surface area (Å²) in [5, 5.41) is 8.45. The Morgan fingerprint density at radius 2 is 1.52 bits per heavy atom. The minimum absolute atomic E-state index is 0.0481. The van der Waals surface area contributed by atoms with Crippen LogP contribution in [0.15, 0.2) is 53.5 Å². The number of aliphatic imine (C=N–C) groups is 1. The van der Waals surface area contributed by atoms with Gasteiger partial charge in [-0.1, -0.05) is 0 Å². The molecule has 1 atom stereocenters. The first-order chi connectivity index (χ1) is 14.1. The first kappa shape index (κ1) is 20.2. The number of guanidine groups is 1. The van der Waals surface area contributed by atoms with Crippen molar-refractivity contribution in [3.05, 3.63) is 48.5 Å². The molecule has 2 amide bonds. The van der Waals surface area contributed by atoms with Gasteiger partial charge >= 0.3 is 0 Å². The molecule has 0 unspecified atom stereocenters. The Kier molecular flexibility index (Phi) is 6.67. The lowest BCUT2D eigenvalue weighted by Gasteiger charge is -2.08. The number of hydrogen-bond acceptors (Lipinski definition) is 6. The molecule has 3 N–H and O–H groups in total. The SMILES string of the molecule is CCOc1ccc(NC(=O)C[C@@H]2N=C(Nc3ccc(OCC)cc3)NC2=O)cc1. The van der Waals surface area contributed by atoms with Gasteiger partial charge in [-0.2, -0.15) is 0 Å². The van der Waals surface area contributed by atoms with Crippen LogP contribution in [0.3, 0.4) is 0 Å². The van der Waals surface area contributed by atoms with Crippen molar-refractivity contribution in [3.63, 3.8) is 0 Å². The smallest absolute Gasteiger partial charge is 0.252 e. The highest BCUT2D eigenvalue weighted by Gasteiger charge is 2.28. The standard InChI is InChI=1S/C21H24N4O4/c1-3-28-16-9-5-14(6-10-16)22-19(26)13-18-20(27)25-21(24-18)23-15-7-11-17(12-8-15)29-4-2/h5-12,18H,3-4,13H2,1-2H3,(H,22,26)(H2,23,24,25,27)/t18-/m0/s1. The van der Waals surface area contributed by atoms with Crippen LogP contribution in [0.2, 0.25) is 0 Å². The number of amides is 2. The van der Waals surface area contributed by atoms with Crippen molar-refractivity contribution in [2.24, 2.45) is 4.99 Å². The summed E-state index contributed by atoms with van der Waals surface area (Å²) in [6, 6.07) is 13.6. The molecular weight excluding hydrogens is 372 g/mol. The summed E-state index contributed by atoms with van der Waals surface area (Å²) < 4.78 is 10.8. The van der Waals surface area contributed by atoms with Crippen LogP contribution in [0, 0.1) is 0 Å². The quantitative estimate of drug-likeness (QED) is 0.637. The van der Waals surface area contributed by atoms with E-state index in [1.165, 1.54) is 0 Å². The minimum atomic E-state index is -0.775. The lowest BCUT2D eigenvalue weighted by molar-refractivity contribution is -0.123. The Morgan fingerprint density at radius 1 is 0.966 bits per heavy atom. The van der Waals surface area contributed by atoms with Crippen LogP contribution < -0.4 is 25.4 Å². The zero-order chi connectivity index (χ0) is 20.6. The predicted octanol–water partition coefficient (Wildman–Crippen LogP) is 2.78. The summed E-state index contributed by atoms with van der Waals surface area (Å²) in [4.78, 5) is 28.7. The number of ether oxygens (including phenoxy) is 2. The highest BCUT2D eigenvalue weighted by molar-refractivity contribution is 6.11. The Balaban J connectivity index is 1.54. The summed E-state index contributed by atoms with van der Waals surface area (Å²) in [5.74, 6) is 1.20. The van der Waals surface area contributed by atoms with E-state index in [1.807, 2.05) is 38.1 Å². The van der Waals surface area contributed by atoms with Gasteiger partial charge in [0.25, 0.3) is 5.91 Å². The summed E-state index contributed by atoms with van der Waals surface area (Å²) in [6.07, 6.45) is -0.0481. The fourth-order valence-corrected chi connectivity index (χ4v) is 2.78. The van der Waals surface area contributed by atoms with Crippen molar-refractivity contribution in [2.75, 3.05) is 23.8 Å². The molecule has 0 aromatic heterocycles. The van der Waals surface area contributed by atoms with Crippen LogP contribution in [-0.4, -0.2) is 37.0 Å². The molecule has 0 aliphatic carbocycles. The zero-order valence-electron chi connectivity index (χ0n) is 16.4. The molecule has 0 saturated carbocycles. The fraction of sp³-hybridized carbons (Fsp3) is 0.286. The number of nitrogens with one attached hydrogen (secondary N) is 3. The van der Waals surface area contributed by atoms with Crippen LogP contribution in [0.5, 0.6) is 11.5 Å². The average Bonchev–Trinajstić information content (AvgIpc) is 3.04. The van der Waals surface area contributed by atoms with E-state index in [1.54, 1.807) is 24.3 Å². The second-order valence-corrected chi connectivity index (χ2v) is 6.27. The number of anilines is 2. The number of nitrogens with zero attached hydrogens (tertiary/aromatic N) is 1. The van der Waals surface area contributed by atoms with Crippen LogP contribution in [0.25, 0.3) is 0 Å². The zero-order valence-corrected chi connectivity index (χ0v) is 16.4. The molecule has 0 radical (unpaired) electrons. The van der Waals surface area contributed by atoms with E-state index in [-0.39, 0.29) is 18.2 Å². The van der Waals surface area contributed by atoms with E-state index in [4.69, 9.17) is 9.47 Å². The van der Waals surface area contributed by atoms with E-state index in [2.05, 4.69) is 20.9 Å². The van der Waals surface area contributed by atoms with Crippen molar-refractivity contribution in [1.82, 2.24) is 5.32 Å². The van der Waals surface area contributed by atoms with Crippen molar-refractivity contribution in [1.29, 1.82) is 0 Å². The van der Waals surface area contributed by atoms with Crippen molar-refractivity contribution in [2.45, 2.75) is 26.3 Å². The van der Waals surface area contributed by atoms with Gasteiger partial charge in [-0.25, -0.2) is 4.99 Å². The molecule has 2 aromatic rings. The Labute approximate surface area is 169 Å². The number of hydrogen-bond donors (Lipinski definition) is 3. The molecule has 1 aliphatic heterocycles. The molecule has 0 spiro atoms. The number of benzene rings is 2. The first-order valence-electron chi connectivity index (χ1n) is 9.48. The van der Waals surface area contributed by atoms with Gasteiger partial charge in [0.15, 0.2) is 0 Å². The van der Waals surface area contributed by atoms with Crippen LogP contribution in [-0.2, 0) is 9.59 Å². The molecule has 0 saturated heterocycles. The predicted molar refractivity (Wildman–Crippen MR) is 111 cm³/mol. The first-order valence-corrected chi connectivity index (χ1v) is 9.48. The van der Waals surface area contributed by atoms with Gasteiger partial charge in [-0.05, 0) is 62.4 Å². The van der Waals surface area contributed by atoms with Gasteiger partial charge in [-0.3, -0.25) is 14.9 Å². The molecule has 1 aliphatic rings. The summed E-state index contributed by atoms with van der Waals surface area (Å²) in [6.45, 7) is 4.99. The second-order valence-electron chi connectivity index (χ2n) is 6.27. The molecule has 0 bridgehead atoms. The van der Waals surface area contributed by atoms with Crippen LogP contribution in [0.4, 0.5) is 11.4 Å². The molecule has 8 nitrogen and oxygen atoms in total. The molecule has 1 heterocycles. The average molecular weight is 396 g/mol. The number of carbonyl (C=O) groups excluding carboxylic acids is 2. The molecule has 2 aromatic carbocycles.